The average molecular weight is 498 g/mol. The maximum atomic E-state index is 13.4. The summed E-state index contributed by atoms with van der Waals surface area (Å²) < 4.78 is 39.4. The topological polar surface area (TPSA) is 102 Å². The lowest BCUT2D eigenvalue weighted by atomic mass is 10.1. The van der Waals surface area contributed by atoms with Crippen LogP contribution in [0.2, 0.25) is 0 Å². The first kappa shape index (κ1) is 24.9. The van der Waals surface area contributed by atoms with Gasteiger partial charge in [0, 0.05) is 18.8 Å². The first-order valence-corrected chi connectivity index (χ1v) is 13.3. The fraction of sp³-hybridized carbons (Fsp3) is 0.385. The highest BCUT2D eigenvalue weighted by Gasteiger charge is 2.27. The van der Waals surface area contributed by atoms with Crippen molar-refractivity contribution in [2.45, 2.75) is 58.0 Å². The van der Waals surface area contributed by atoms with Crippen molar-refractivity contribution in [1.82, 2.24) is 9.46 Å². The van der Waals surface area contributed by atoms with E-state index in [0.29, 0.717) is 41.4 Å². The number of hydrogen-bond donors (Lipinski definition) is 1. The van der Waals surface area contributed by atoms with E-state index in [2.05, 4.69) is 10.5 Å². The van der Waals surface area contributed by atoms with Crippen LogP contribution in [0.15, 0.2) is 51.9 Å². The van der Waals surface area contributed by atoms with Crippen LogP contribution in [0.4, 0.5) is 5.69 Å². The van der Waals surface area contributed by atoms with Crippen LogP contribution in [-0.2, 0) is 16.6 Å². The van der Waals surface area contributed by atoms with Crippen molar-refractivity contribution in [1.29, 1.82) is 0 Å². The number of para-hydroxylation sites is 1. The molecule has 1 amide bonds. The minimum Gasteiger partial charge on any atom is -0.488 e. The second-order valence-electron chi connectivity index (χ2n) is 8.84. The maximum absolute atomic E-state index is 13.4. The Bertz CT molecular complexity index is 1290. The Labute approximate surface area is 206 Å². The largest absolute Gasteiger partial charge is 0.488 e. The monoisotopic (exact) mass is 497 g/mol. The smallest absolute Gasteiger partial charge is 0.259 e. The lowest BCUT2D eigenvalue weighted by molar-refractivity contribution is 0.102. The number of nitrogens with one attached hydrogen (secondary N) is 1. The molecule has 1 saturated heterocycles. The Morgan fingerprint density at radius 2 is 1.77 bits per heavy atom. The fourth-order valence-electron chi connectivity index (χ4n) is 4.21. The number of benzene rings is 2. The molecule has 8 nitrogen and oxygen atoms in total. The minimum absolute atomic E-state index is 0.216. The third-order valence-corrected chi connectivity index (χ3v) is 8.35. The Hall–Kier alpha value is -3.17. The first-order chi connectivity index (χ1) is 16.8. The van der Waals surface area contributed by atoms with Crippen molar-refractivity contribution in [3.8, 4) is 5.75 Å². The number of ether oxygens (including phenoxy) is 1. The third kappa shape index (κ3) is 5.57. The van der Waals surface area contributed by atoms with Crippen LogP contribution >= 0.6 is 0 Å². The van der Waals surface area contributed by atoms with Crippen LogP contribution in [0.3, 0.4) is 0 Å². The molecule has 186 valence electrons. The molecule has 1 N–H and O–H groups in total. The highest BCUT2D eigenvalue weighted by molar-refractivity contribution is 7.89. The molecule has 0 unspecified atom stereocenters. The summed E-state index contributed by atoms with van der Waals surface area (Å²) in [6.45, 7) is 6.68. The van der Waals surface area contributed by atoms with E-state index in [1.807, 2.05) is 13.8 Å². The van der Waals surface area contributed by atoms with Gasteiger partial charge in [-0.05, 0) is 63.4 Å². The number of carbonyl (C=O) groups excluding carboxylic acids is 1. The maximum Gasteiger partial charge on any atom is 0.259 e. The van der Waals surface area contributed by atoms with Gasteiger partial charge in [0.25, 0.3) is 5.91 Å². The normalized spacial score (nSPS) is 14.9. The number of hydrogen-bond acceptors (Lipinski definition) is 6. The molecule has 2 heterocycles. The van der Waals surface area contributed by atoms with Gasteiger partial charge in [0.1, 0.15) is 18.1 Å². The quantitative estimate of drug-likeness (QED) is 0.493. The molecule has 0 bridgehead atoms. The first-order valence-electron chi connectivity index (χ1n) is 11.8. The Kier molecular flexibility index (Phi) is 7.57. The van der Waals surface area contributed by atoms with E-state index >= 15 is 0 Å². The van der Waals surface area contributed by atoms with Crippen LogP contribution in [0.1, 0.15) is 58.6 Å². The highest BCUT2D eigenvalue weighted by atomic mass is 32.2. The van der Waals surface area contributed by atoms with Crippen molar-refractivity contribution in [2.75, 3.05) is 18.4 Å². The molecule has 0 atom stereocenters. The number of rotatable bonds is 7. The molecule has 0 aliphatic carbocycles. The summed E-state index contributed by atoms with van der Waals surface area (Å²) in [5.41, 5.74) is 2.98. The van der Waals surface area contributed by atoms with Crippen molar-refractivity contribution >= 4 is 21.6 Å². The van der Waals surface area contributed by atoms with Gasteiger partial charge in [-0.2, -0.15) is 4.31 Å². The summed E-state index contributed by atoms with van der Waals surface area (Å²) >= 11 is 0. The van der Waals surface area contributed by atoms with E-state index in [0.717, 1.165) is 36.9 Å². The van der Waals surface area contributed by atoms with Gasteiger partial charge in [0.05, 0.1) is 21.7 Å². The second-order valence-corrected chi connectivity index (χ2v) is 10.7. The fourth-order valence-corrected chi connectivity index (χ4v) is 5.98. The Morgan fingerprint density at radius 3 is 2.46 bits per heavy atom. The number of amides is 1. The molecule has 35 heavy (non-hydrogen) atoms. The highest BCUT2D eigenvalue weighted by Crippen LogP contribution is 2.27. The van der Waals surface area contributed by atoms with Crippen LogP contribution in [0.25, 0.3) is 0 Å². The molecule has 0 spiro atoms. The van der Waals surface area contributed by atoms with Gasteiger partial charge >= 0.3 is 0 Å². The third-order valence-electron chi connectivity index (χ3n) is 6.31. The number of carbonyl (C=O) groups is 1. The van der Waals surface area contributed by atoms with Gasteiger partial charge in [-0.3, -0.25) is 4.79 Å². The van der Waals surface area contributed by atoms with Crippen LogP contribution < -0.4 is 10.1 Å². The van der Waals surface area contributed by atoms with Gasteiger partial charge in [0.15, 0.2) is 0 Å². The van der Waals surface area contributed by atoms with Crippen molar-refractivity contribution < 1.29 is 22.5 Å². The minimum atomic E-state index is -3.65. The molecule has 0 saturated carbocycles. The molecule has 9 heteroatoms. The molecule has 4 rings (SSSR count). The van der Waals surface area contributed by atoms with Gasteiger partial charge < -0.3 is 14.6 Å². The molecule has 1 aromatic heterocycles. The van der Waals surface area contributed by atoms with Crippen molar-refractivity contribution in [3.05, 3.63) is 70.6 Å². The molecule has 2 aromatic carbocycles. The molecular formula is C26H31N3O5S. The van der Waals surface area contributed by atoms with E-state index < -0.39 is 10.0 Å². The molecule has 1 fully saturated rings. The number of aryl methyl sites for hydroxylation is 3. The van der Waals surface area contributed by atoms with E-state index in [-0.39, 0.29) is 17.4 Å². The predicted molar refractivity (Wildman–Crippen MR) is 133 cm³/mol. The van der Waals surface area contributed by atoms with Crippen LogP contribution in [0.5, 0.6) is 5.75 Å². The van der Waals surface area contributed by atoms with E-state index in [9.17, 15) is 13.2 Å². The van der Waals surface area contributed by atoms with Gasteiger partial charge in [-0.25, -0.2) is 8.42 Å². The molecule has 3 aromatic rings. The number of anilines is 1. The van der Waals surface area contributed by atoms with Crippen LogP contribution in [0, 0.1) is 20.8 Å². The van der Waals surface area contributed by atoms with Crippen molar-refractivity contribution in [3.63, 3.8) is 0 Å². The zero-order chi connectivity index (χ0) is 25.0. The summed E-state index contributed by atoms with van der Waals surface area (Å²) in [7, 11) is -3.65. The van der Waals surface area contributed by atoms with Crippen LogP contribution in [-0.4, -0.2) is 36.9 Å². The Morgan fingerprint density at radius 1 is 1.06 bits per heavy atom. The van der Waals surface area contributed by atoms with Gasteiger partial charge in [-0.1, -0.05) is 36.2 Å². The summed E-state index contributed by atoms with van der Waals surface area (Å²) in [4.78, 5) is 13.4. The summed E-state index contributed by atoms with van der Waals surface area (Å²) in [6, 6.07) is 11.9. The predicted octanol–water partition coefficient (Wildman–Crippen LogP) is 5.00. The SMILES string of the molecule is Cc1ccc(NC(=O)c2ccccc2OCc2c(C)noc2C)cc1S(=O)(=O)N1CCCCCC1. The molecule has 0 radical (unpaired) electrons. The number of sulfonamides is 1. The van der Waals surface area contributed by atoms with Crippen molar-refractivity contribution in [2.24, 2.45) is 0 Å². The molecular weight excluding hydrogens is 466 g/mol. The van der Waals surface area contributed by atoms with E-state index in [4.69, 9.17) is 9.26 Å². The Balaban J connectivity index is 1.54. The molecule has 1 aliphatic rings. The lowest BCUT2D eigenvalue weighted by Gasteiger charge is -2.21. The van der Waals surface area contributed by atoms with E-state index in [1.54, 1.807) is 53.7 Å². The summed E-state index contributed by atoms with van der Waals surface area (Å²) in [5, 5.41) is 6.77. The van der Waals surface area contributed by atoms with Gasteiger partial charge in [0.2, 0.25) is 10.0 Å². The number of nitrogens with zero attached hydrogens (tertiary/aromatic N) is 2. The lowest BCUT2D eigenvalue weighted by Crippen LogP contribution is -2.32. The van der Waals surface area contributed by atoms with Gasteiger partial charge in [-0.15, -0.1) is 0 Å². The summed E-state index contributed by atoms with van der Waals surface area (Å²) in [5.74, 6) is 0.693. The second kappa shape index (κ2) is 10.6. The van der Waals surface area contributed by atoms with E-state index in [1.165, 1.54) is 0 Å². The summed E-state index contributed by atoms with van der Waals surface area (Å²) in [6.07, 6.45) is 3.80. The standard InChI is InChI=1S/C26H31N3O5S/c1-18-12-13-21(16-25(18)35(31,32)29-14-8-4-5-9-15-29)27-26(30)22-10-6-7-11-24(22)33-17-23-19(2)28-34-20(23)3/h6-7,10-13,16H,4-5,8-9,14-15,17H2,1-3H3,(H,27,30). The number of aromatic nitrogens is 1. The molecule has 1 aliphatic heterocycles. The zero-order valence-electron chi connectivity index (χ0n) is 20.3. The zero-order valence-corrected chi connectivity index (χ0v) is 21.2. The average Bonchev–Trinajstić information content (AvgIpc) is 3.03.